The van der Waals surface area contributed by atoms with E-state index in [-0.39, 0.29) is 17.3 Å². The molecule has 2 aromatic rings. The molecule has 0 saturated carbocycles. The highest BCUT2D eigenvalue weighted by molar-refractivity contribution is 6.15. The first-order valence-corrected chi connectivity index (χ1v) is 9.70. The molecule has 0 amide bonds. The van der Waals surface area contributed by atoms with Crippen LogP contribution in [0.15, 0.2) is 42.2 Å². The largest absolute Gasteiger partial charge is 0.507 e. The van der Waals surface area contributed by atoms with E-state index in [1.54, 1.807) is 33.5 Å². The van der Waals surface area contributed by atoms with Crippen molar-refractivity contribution in [1.82, 2.24) is 4.90 Å². The number of fused-ring (bicyclic) bond motifs is 1. The van der Waals surface area contributed by atoms with Gasteiger partial charge in [-0.1, -0.05) is 12.1 Å². The van der Waals surface area contributed by atoms with Gasteiger partial charge in [0.2, 0.25) is 5.78 Å². The average Bonchev–Trinajstić information content (AvgIpc) is 3.07. The van der Waals surface area contributed by atoms with Gasteiger partial charge >= 0.3 is 0 Å². The number of methoxy groups -OCH3 is 3. The third-order valence-electron chi connectivity index (χ3n) is 4.93. The maximum atomic E-state index is 12.9. The fourth-order valence-corrected chi connectivity index (χ4v) is 3.24. The molecule has 7 nitrogen and oxygen atoms in total. The van der Waals surface area contributed by atoms with E-state index in [1.807, 2.05) is 24.3 Å². The van der Waals surface area contributed by atoms with Crippen molar-refractivity contribution in [2.24, 2.45) is 0 Å². The number of rotatable bonds is 10. The van der Waals surface area contributed by atoms with Crippen LogP contribution in [0.2, 0.25) is 0 Å². The van der Waals surface area contributed by atoms with Crippen LogP contribution in [0.4, 0.5) is 0 Å². The number of allylic oxidation sites excluding steroid dienone is 1. The summed E-state index contributed by atoms with van der Waals surface area (Å²) < 4.78 is 21.5. The number of hydrogen-bond acceptors (Lipinski definition) is 7. The van der Waals surface area contributed by atoms with E-state index < -0.39 is 0 Å². The maximum absolute atomic E-state index is 12.9. The summed E-state index contributed by atoms with van der Waals surface area (Å²) in [5, 5.41) is 10.5. The molecular weight excluding hydrogens is 386 g/mol. The number of nitrogens with zero attached hydrogens (tertiary/aromatic N) is 1. The highest BCUT2D eigenvalue weighted by atomic mass is 16.5. The number of ether oxygens (including phenoxy) is 4. The molecule has 0 atom stereocenters. The van der Waals surface area contributed by atoms with Gasteiger partial charge < -0.3 is 24.1 Å². The van der Waals surface area contributed by atoms with Crippen LogP contribution < -0.4 is 9.47 Å². The minimum Gasteiger partial charge on any atom is -0.507 e. The Balaban J connectivity index is 1.86. The Morgan fingerprint density at radius 3 is 2.27 bits per heavy atom. The van der Waals surface area contributed by atoms with Gasteiger partial charge in [-0.15, -0.1) is 0 Å². The number of hydrogen-bond donors (Lipinski definition) is 1. The standard InChI is InChI=1S/C23H27NO6/c1-27-12-10-24(11-13-28-2)15-19-20(25)9-8-18-22(26)21(30-23(18)19)14-16-4-6-17(29-3)7-5-16/h4-9,14,25H,10-13,15H2,1-3H3. The second kappa shape index (κ2) is 10.2. The molecule has 1 heterocycles. The van der Waals surface area contributed by atoms with Crippen molar-refractivity contribution in [2.45, 2.75) is 6.54 Å². The van der Waals surface area contributed by atoms with Gasteiger partial charge in [-0.2, -0.15) is 0 Å². The quantitative estimate of drug-likeness (QED) is 0.600. The number of benzene rings is 2. The molecule has 0 aliphatic carbocycles. The van der Waals surface area contributed by atoms with E-state index >= 15 is 0 Å². The van der Waals surface area contributed by atoms with Gasteiger partial charge in [0.05, 0.1) is 31.5 Å². The van der Waals surface area contributed by atoms with E-state index in [9.17, 15) is 9.90 Å². The molecule has 1 aliphatic rings. The van der Waals surface area contributed by atoms with E-state index in [2.05, 4.69) is 4.90 Å². The van der Waals surface area contributed by atoms with Crippen molar-refractivity contribution in [3.05, 3.63) is 58.8 Å². The molecule has 7 heteroatoms. The SMILES string of the molecule is COCCN(CCOC)Cc1c(O)ccc2c1OC(=Cc1ccc(OC)cc1)C2=O. The van der Waals surface area contributed by atoms with Crippen molar-refractivity contribution < 1.29 is 28.8 Å². The molecule has 30 heavy (non-hydrogen) atoms. The zero-order valence-corrected chi connectivity index (χ0v) is 17.5. The summed E-state index contributed by atoms with van der Waals surface area (Å²) in [7, 11) is 4.89. The predicted molar refractivity (Wildman–Crippen MR) is 113 cm³/mol. The summed E-state index contributed by atoms with van der Waals surface area (Å²) >= 11 is 0. The van der Waals surface area contributed by atoms with Crippen LogP contribution in [-0.4, -0.2) is 63.4 Å². The third-order valence-corrected chi connectivity index (χ3v) is 4.93. The second-order valence-corrected chi connectivity index (χ2v) is 6.91. The van der Waals surface area contributed by atoms with Crippen LogP contribution in [0.5, 0.6) is 17.2 Å². The van der Waals surface area contributed by atoms with Crippen LogP contribution in [0.25, 0.3) is 6.08 Å². The van der Waals surface area contributed by atoms with Crippen molar-refractivity contribution in [1.29, 1.82) is 0 Å². The summed E-state index contributed by atoms with van der Waals surface area (Å²) in [4.78, 5) is 14.9. The topological polar surface area (TPSA) is 77.5 Å². The molecule has 0 aromatic heterocycles. The third kappa shape index (κ3) is 4.99. The van der Waals surface area contributed by atoms with Gasteiger partial charge in [0.1, 0.15) is 17.2 Å². The summed E-state index contributed by atoms with van der Waals surface area (Å²) in [5.41, 5.74) is 1.84. The lowest BCUT2D eigenvalue weighted by Gasteiger charge is -2.23. The van der Waals surface area contributed by atoms with Crippen LogP contribution in [0.1, 0.15) is 21.5 Å². The van der Waals surface area contributed by atoms with E-state index in [0.717, 1.165) is 11.3 Å². The Labute approximate surface area is 176 Å². The number of Topliss-reactive ketones (excluding diaryl/α,β-unsaturated/α-hetero) is 1. The zero-order valence-electron chi connectivity index (χ0n) is 17.5. The fourth-order valence-electron chi connectivity index (χ4n) is 3.24. The summed E-state index contributed by atoms with van der Waals surface area (Å²) in [5.74, 6) is 1.25. The van der Waals surface area contributed by atoms with Crippen LogP contribution in [0.3, 0.4) is 0 Å². The average molecular weight is 413 g/mol. The number of aromatic hydroxyl groups is 1. The smallest absolute Gasteiger partial charge is 0.231 e. The zero-order chi connectivity index (χ0) is 21.5. The van der Waals surface area contributed by atoms with Crippen molar-refractivity contribution in [2.75, 3.05) is 47.6 Å². The van der Waals surface area contributed by atoms with Crippen LogP contribution in [-0.2, 0) is 16.0 Å². The maximum Gasteiger partial charge on any atom is 0.231 e. The first kappa shape index (κ1) is 21.8. The molecule has 0 radical (unpaired) electrons. The minimum absolute atomic E-state index is 0.0899. The molecule has 0 fully saturated rings. The molecule has 160 valence electrons. The van der Waals surface area contributed by atoms with Crippen molar-refractivity contribution in [3.63, 3.8) is 0 Å². The molecule has 0 unspecified atom stereocenters. The highest BCUT2D eigenvalue weighted by Crippen LogP contribution is 2.40. The van der Waals surface area contributed by atoms with E-state index in [1.165, 1.54) is 6.07 Å². The molecule has 1 aliphatic heterocycles. The molecule has 0 bridgehead atoms. The lowest BCUT2D eigenvalue weighted by Crippen LogP contribution is -2.30. The van der Waals surface area contributed by atoms with Gasteiger partial charge in [-0.05, 0) is 35.9 Å². The Kier molecular flexibility index (Phi) is 7.46. The van der Waals surface area contributed by atoms with Gasteiger partial charge in [0.25, 0.3) is 0 Å². The molecule has 1 N–H and O–H groups in total. The summed E-state index contributed by atoms with van der Waals surface area (Å²) in [6.45, 7) is 2.81. The highest BCUT2D eigenvalue weighted by Gasteiger charge is 2.31. The summed E-state index contributed by atoms with van der Waals surface area (Å²) in [6, 6.07) is 10.5. The molecule has 2 aromatic carbocycles. The minimum atomic E-state index is -0.206. The van der Waals surface area contributed by atoms with E-state index in [4.69, 9.17) is 18.9 Å². The second-order valence-electron chi connectivity index (χ2n) is 6.91. The monoisotopic (exact) mass is 413 g/mol. The van der Waals surface area contributed by atoms with Gasteiger partial charge in [-0.25, -0.2) is 0 Å². The van der Waals surface area contributed by atoms with Crippen LogP contribution >= 0.6 is 0 Å². The Morgan fingerprint density at radius 1 is 1.00 bits per heavy atom. The lowest BCUT2D eigenvalue weighted by atomic mass is 10.0. The Hall–Kier alpha value is -2.87. The number of carbonyl (C=O) groups is 1. The van der Waals surface area contributed by atoms with E-state index in [0.29, 0.717) is 49.7 Å². The molecule has 0 spiro atoms. The fraction of sp³-hybridized carbons (Fsp3) is 0.348. The predicted octanol–water partition coefficient (Wildman–Crippen LogP) is 3.11. The van der Waals surface area contributed by atoms with Crippen molar-refractivity contribution >= 4 is 11.9 Å². The molecular formula is C23H27NO6. The number of ketones is 1. The lowest BCUT2D eigenvalue weighted by molar-refractivity contribution is 0.101. The summed E-state index contributed by atoms with van der Waals surface area (Å²) in [6.07, 6.45) is 1.69. The molecule has 3 rings (SSSR count). The van der Waals surface area contributed by atoms with Gasteiger partial charge in [0, 0.05) is 33.9 Å². The van der Waals surface area contributed by atoms with Crippen molar-refractivity contribution in [3.8, 4) is 17.2 Å². The molecule has 0 saturated heterocycles. The van der Waals surface area contributed by atoms with Crippen LogP contribution in [0, 0.1) is 0 Å². The Bertz CT molecular complexity index is 899. The first-order chi connectivity index (χ1) is 14.6. The first-order valence-electron chi connectivity index (χ1n) is 9.70. The number of phenolic OH excluding ortho intramolecular Hbond substituents is 1. The number of carbonyl (C=O) groups excluding carboxylic acids is 1. The number of phenols is 1. The normalized spacial score (nSPS) is 14.3. The Morgan fingerprint density at radius 2 is 1.67 bits per heavy atom. The van der Waals surface area contributed by atoms with Gasteiger partial charge in [0.15, 0.2) is 5.76 Å². The van der Waals surface area contributed by atoms with Gasteiger partial charge in [-0.3, -0.25) is 9.69 Å².